The summed E-state index contributed by atoms with van der Waals surface area (Å²) in [6, 6.07) is 21.9. The number of nitrogens with zero attached hydrogens (tertiary/aromatic N) is 3. The number of rotatable bonds is 4. The van der Waals surface area contributed by atoms with E-state index in [0.29, 0.717) is 16.9 Å². The summed E-state index contributed by atoms with van der Waals surface area (Å²) < 4.78 is 0. The van der Waals surface area contributed by atoms with E-state index in [1.165, 1.54) is 9.80 Å². The van der Waals surface area contributed by atoms with Crippen molar-refractivity contribution in [1.29, 1.82) is 0 Å². The highest BCUT2D eigenvalue weighted by atomic mass is 16.2. The number of imidazole rings is 1. The number of H-pyrrole nitrogens is 1. The smallest absolute Gasteiger partial charge is 0.256 e. The van der Waals surface area contributed by atoms with E-state index in [4.69, 9.17) is 0 Å². The van der Waals surface area contributed by atoms with Gasteiger partial charge >= 0.3 is 0 Å². The highest BCUT2D eigenvalue weighted by molar-refractivity contribution is 6.12. The number of likely N-dealkylation sites (N-methyl/N-ethyl adjacent to an activating group) is 1. The Morgan fingerprint density at radius 3 is 2.52 bits per heavy atom. The number of benzene rings is 3. The summed E-state index contributed by atoms with van der Waals surface area (Å²) in [7, 11) is 1.57. The summed E-state index contributed by atoms with van der Waals surface area (Å²) >= 11 is 0. The molecule has 0 aliphatic carbocycles. The van der Waals surface area contributed by atoms with Crippen molar-refractivity contribution in [2.45, 2.75) is 0 Å². The number of para-hydroxylation sites is 3. The molecule has 1 aromatic heterocycles. The van der Waals surface area contributed by atoms with E-state index in [-0.39, 0.29) is 30.8 Å². The van der Waals surface area contributed by atoms with Gasteiger partial charge in [-0.25, -0.2) is 4.98 Å². The number of aromatic nitrogens is 2. The second-order valence-electron chi connectivity index (χ2n) is 7.89. The molecule has 1 aliphatic heterocycles. The normalized spacial score (nSPS) is 13.7. The van der Waals surface area contributed by atoms with Crippen LogP contribution in [0.2, 0.25) is 0 Å². The van der Waals surface area contributed by atoms with Crippen LogP contribution >= 0.6 is 0 Å². The maximum atomic E-state index is 12.8. The summed E-state index contributed by atoms with van der Waals surface area (Å²) in [6.45, 7) is -0.282. The molecular weight excluding hydrogens is 418 g/mol. The lowest BCUT2D eigenvalue weighted by Crippen LogP contribution is -2.41. The third-order valence-corrected chi connectivity index (χ3v) is 5.58. The predicted octanol–water partition coefficient (Wildman–Crippen LogP) is 3.29. The lowest BCUT2D eigenvalue weighted by molar-refractivity contribution is -0.121. The van der Waals surface area contributed by atoms with Crippen LogP contribution in [0, 0.1) is 0 Å². The van der Waals surface area contributed by atoms with Gasteiger partial charge in [0.15, 0.2) is 0 Å². The van der Waals surface area contributed by atoms with Gasteiger partial charge in [-0.15, -0.1) is 0 Å². The molecule has 3 aromatic carbocycles. The van der Waals surface area contributed by atoms with Crippen LogP contribution in [0.15, 0.2) is 72.8 Å². The van der Waals surface area contributed by atoms with E-state index in [0.717, 1.165) is 22.4 Å². The first kappa shape index (κ1) is 20.4. The summed E-state index contributed by atoms with van der Waals surface area (Å²) in [6.07, 6.45) is 0. The van der Waals surface area contributed by atoms with Gasteiger partial charge in [0, 0.05) is 18.3 Å². The summed E-state index contributed by atoms with van der Waals surface area (Å²) in [5.74, 6) is -0.171. The van der Waals surface area contributed by atoms with Crippen LogP contribution < -0.4 is 10.2 Å². The van der Waals surface area contributed by atoms with Crippen LogP contribution in [-0.4, -0.2) is 52.7 Å². The molecule has 0 atom stereocenters. The van der Waals surface area contributed by atoms with Crippen LogP contribution in [0.5, 0.6) is 0 Å². The summed E-state index contributed by atoms with van der Waals surface area (Å²) in [5.41, 5.74) is 4.17. The van der Waals surface area contributed by atoms with Crippen LogP contribution in [0.1, 0.15) is 10.4 Å². The standard InChI is InChI=1S/C25H21N5O3/c1-29-15-23(32)30(21-9-5-2-6-18(21)25(29)33)14-22(31)26-17-12-10-16(11-13-17)24-27-19-7-3-4-8-20(19)28-24/h2-13H,14-15H2,1H3,(H,26,31)(H,27,28). The van der Waals surface area contributed by atoms with Gasteiger partial charge in [-0.2, -0.15) is 0 Å². The van der Waals surface area contributed by atoms with Crippen molar-refractivity contribution in [2.75, 3.05) is 30.4 Å². The first-order valence-corrected chi connectivity index (χ1v) is 10.5. The molecule has 164 valence electrons. The van der Waals surface area contributed by atoms with E-state index in [1.807, 2.05) is 36.4 Å². The zero-order chi connectivity index (χ0) is 22.9. The van der Waals surface area contributed by atoms with Crippen molar-refractivity contribution in [3.63, 3.8) is 0 Å². The van der Waals surface area contributed by atoms with Gasteiger partial charge in [0.2, 0.25) is 11.8 Å². The first-order chi connectivity index (χ1) is 16.0. The van der Waals surface area contributed by atoms with Crippen molar-refractivity contribution >= 4 is 40.1 Å². The van der Waals surface area contributed by atoms with Gasteiger partial charge in [0.25, 0.3) is 5.91 Å². The lowest BCUT2D eigenvalue weighted by atomic mass is 10.1. The molecule has 2 heterocycles. The van der Waals surface area contributed by atoms with E-state index < -0.39 is 0 Å². The number of nitrogens with one attached hydrogen (secondary N) is 2. The van der Waals surface area contributed by atoms with Crippen molar-refractivity contribution in [2.24, 2.45) is 0 Å². The fourth-order valence-corrected chi connectivity index (χ4v) is 3.91. The van der Waals surface area contributed by atoms with Crippen LogP contribution in [-0.2, 0) is 9.59 Å². The number of aromatic amines is 1. The minimum atomic E-state index is -0.355. The summed E-state index contributed by atoms with van der Waals surface area (Å²) in [4.78, 5) is 48.6. The number of fused-ring (bicyclic) bond motifs is 2. The Bertz CT molecular complexity index is 1340. The molecule has 33 heavy (non-hydrogen) atoms. The fraction of sp³-hybridized carbons (Fsp3) is 0.120. The van der Waals surface area contributed by atoms with Crippen molar-refractivity contribution < 1.29 is 14.4 Å². The molecule has 0 unspecified atom stereocenters. The monoisotopic (exact) mass is 439 g/mol. The Kier molecular flexibility index (Phi) is 5.10. The average molecular weight is 439 g/mol. The molecule has 8 heteroatoms. The second kappa shape index (κ2) is 8.23. The second-order valence-corrected chi connectivity index (χ2v) is 7.89. The first-order valence-electron chi connectivity index (χ1n) is 10.5. The molecule has 0 fully saturated rings. The summed E-state index contributed by atoms with van der Waals surface area (Å²) in [5, 5.41) is 2.83. The van der Waals surface area contributed by atoms with E-state index >= 15 is 0 Å². The molecule has 4 aromatic rings. The van der Waals surface area contributed by atoms with Crippen LogP contribution in [0.3, 0.4) is 0 Å². The largest absolute Gasteiger partial charge is 0.338 e. The molecular formula is C25H21N5O3. The van der Waals surface area contributed by atoms with Crippen molar-refractivity contribution in [3.8, 4) is 11.4 Å². The molecule has 2 N–H and O–H groups in total. The molecule has 0 bridgehead atoms. The highest BCUT2D eigenvalue weighted by Crippen LogP contribution is 2.25. The van der Waals surface area contributed by atoms with Gasteiger partial charge in [-0.05, 0) is 48.5 Å². The molecule has 0 saturated carbocycles. The maximum absolute atomic E-state index is 12.8. The lowest BCUT2D eigenvalue weighted by Gasteiger charge is -2.21. The number of carbonyl (C=O) groups excluding carboxylic acids is 3. The minimum Gasteiger partial charge on any atom is -0.338 e. The van der Waals surface area contributed by atoms with Gasteiger partial charge in [0.05, 0.1) is 22.3 Å². The van der Waals surface area contributed by atoms with Gasteiger partial charge < -0.3 is 20.1 Å². The zero-order valence-electron chi connectivity index (χ0n) is 17.9. The van der Waals surface area contributed by atoms with E-state index in [9.17, 15) is 14.4 Å². The predicted molar refractivity (Wildman–Crippen MR) is 126 cm³/mol. The number of hydrogen-bond donors (Lipinski definition) is 2. The van der Waals surface area contributed by atoms with E-state index in [2.05, 4.69) is 15.3 Å². The number of carbonyl (C=O) groups is 3. The SMILES string of the molecule is CN1CC(=O)N(CC(=O)Nc2ccc(-c3nc4ccccc4[nH]3)cc2)c2ccccc2C1=O. The van der Waals surface area contributed by atoms with Crippen LogP contribution in [0.25, 0.3) is 22.4 Å². The van der Waals surface area contributed by atoms with Gasteiger partial charge in [0.1, 0.15) is 18.9 Å². The Balaban J connectivity index is 1.32. The molecule has 1 aliphatic rings. The molecule has 0 radical (unpaired) electrons. The Morgan fingerprint density at radius 1 is 1.00 bits per heavy atom. The number of amides is 3. The van der Waals surface area contributed by atoms with Crippen molar-refractivity contribution in [1.82, 2.24) is 14.9 Å². The molecule has 3 amide bonds. The van der Waals surface area contributed by atoms with Crippen molar-refractivity contribution in [3.05, 3.63) is 78.4 Å². The quantitative estimate of drug-likeness (QED) is 0.510. The number of anilines is 2. The minimum absolute atomic E-state index is 0.0903. The topological polar surface area (TPSA) is 98.4 Å². The Morgan fingerprint density at radius 2 is 1.73 bits per heavy atom. The van der Waals surface area contributed by atoms with E-state index in [1.54, 1.807) is 43.4 Å². The maximum Gasteiger partial charge on any atom is 0.256 e. The third kappa shape index (κ3) is 3.94. The fourth-order valence-electron chi connectivity index (χ4n) is 3.91. The molecule has 0 saturated heterocycles. The molecule has 8 nitrogen and oxygen atoms in total. The number of hydrogen-bond acceptors (Lipinski definition) is 4. The molecule has 0 spiro atoms. The highest BCUT2D eigenvalue weighted by Gasteiger charge is 2.30. The Hall–Kier alpha value is -4.46. The third-order valence-electron chi connectivity index (χ3n) is 5.58. The Labute approximate surface area is 189 Å². The van der Waals surface area contributed by atoms with Crippen LogP contribution in [0.4, 0.5) is 11.4 Å². The zero-order valence-corrected chi connectivity index (χ0v) is 17.9. The average Bonchev–Trinajstić information content (AvgIpc) is 3.23. The van der Waals surface area contributed by atoms with Gasteiger partial charge in [-0.1, -0.05) is 24.3 Å². The van der Waals surface area contributed by atoms with Gasteiger partial charge in [-0.3, -0.25) is 14.4 Å². The molecule has 5 rings (SSSR count).